The van der Waals surface area contributed by atoms with Gasteiger partial charge in [-0.3, -0.25) is 14.5 Å². The third-order valence-corrected chi connectivity index (χ3v) is 6.11. The first kappa shape index (κ1) is 17.5. The lowest BCUT2D eigenvalue weighted by atomic mass is 10.0. The molecule has 26 heavy (non-hydrogen) atoms. The zero-order valence-electron chi connectivity index (χ0n) is 15.3. The molecule has 4 heterocycles. The molecule has 0 spiro atoms. The highest BCUT2D eigenvalue weighted by Gasteiger charge is 2.38. The number of likely N-dealkylation sites (tertiary alicyclic amines) is 2. The molecule has 0 aliphatic carbocycles. The minimum absolute atomic E-state index is 0.0787. The molecule has 0 radical (unpaired) electrons. The van der Waals surface area contributed by atoms with E-state index < -0.39 is 0 Å². The second-order valence-electron chi connectivity index (χ2n) is 7.85. The van der Waals surface area contributed by atoms with Crippen LogP contribution in [-0.4, -0.2) is 62.1 Å². The van der Waals surface area contributed by atoms with E-state index in [2.05, 4.69) is 19.7 Å². The molecule has 2 amide bonds. The number of rotatable bonds is 4. The zero-order valence-corrected chi connectivity index (χ0v) is 15.3. The largest absolute Gasteiger partial charge is 0.369 e. The summed E-state index contributed by atoms with van der Waals surface area (Å²) in [4.78, 5) is 27.9. The van der Waals surface area contributed by atoms with Gasteiger partial charge in [-0.2, -0.15) is 0 Å². The second-order valence-corrected chi connectivity index (χ2v) is 7.85. The molecule has 3 aliphatic rings. The summed E-state index contributed by atoms with van der Waals surface area (Å²) < 4.78 is 2.31. The second kappa shape index (κ2) is 7.34. The molecular weight excluding hydrogens is 332 g/mol. The Bertz CT molecular complexity index is 679. The van der Waals surface area contributed by atoms with Crippen LogP contribution in [0.4, 0.5) is 0 Å². The normalized spacial score (nSPS) is 25.3. The summed E-state index contributed by atoms with van der Waals surface area (Å²) in [6.07, 6.45) is 6.88. The fourth-order valence-electron chi connectivity index (χ4n) is 4.53. The summed E-state index contributed by atoms with van der Waals surface area (Å²) in [6, 6.07) is 0.235. The summed E-state index contributed by atoms with van der Waals surface area (Å²) >= 11 is 0. The maximum absolute atomic E-state index is 12.2. The molecule has 2 N–H and O–H groups in total. The van der Waals surface area contributed by atoms with Crippen LogP contribution in [0.2, 0.25) is 0 Å². The van der Waals surface area contributed by atoms with E-state index in [1.54, 1.807) is 0 Å². The Morgan fingerprint density at radius 1 is 1.12 bits per heavy atom. The van der Waals surface area contributed by atoms with Crippen LogP contribution in [0.5, 0.6) is 0 Å². The van der Waals surface area contributed by atoms with Gasteiger partial charge >= 0.3 is 0 Å². The number of carbonyl (C=O) groups excluding carboxylic acids is 2. The lowest BCUT2D eigenvalue weighted by molar-refractivity contribution is -0.130. The SMILES string of the molecule is NC(=O)C1CC(=O)N(C2CCN(Cc3nnc4n3CCCCC4)CC2)C1. The highest BCUT2D eigenvalue weighted by atomic mass is 16.2. The minimum atomic E-state index is -0.356. The van der Waals surface area contributed by atoms with Crippen molar-refractivity contribution in [2.75, 3.05) is 19.6 Å². The number of carbonyl (C=O) groups is 2. The highest BCUT2D eigenvalue weighted by Crippen LogP contribution is 2.26. The standard InChI is InChI=1S/C18H28N6O2/c19-18(26)13-10-17(25)24(11-13)14-5-8-22(9-6-14)12-16-21-20-15-4-2-1-3-7-23(15)16/h13-14H,1-12H2,(H2,19,26). The Balaban J connectivity index is 1.33. The Morgan fingerprint density at radius 2 is 1.92 bits per heavy atom. The van der Waals surface area contributed by atoms with Gasteiger partial charge in [-0.25, -0.2) is 0 Å². The van der Waals surface area contributed by atoms with Crippen LogP contribution in [0.3, 0.4) is 0 Å². The first-order chi connectivity index (χ1) is 12.6. The Labute approximate surface area is 153 Å². The number of amides is 2. The number of nitrogens with two attached hydrogens (primary N) is 1. The monoisotopic (exact) mass is 360 g/mol. The third-order valence-electron chi connectivity index (χ3n) is 6.11. The van der Waals surface area contributed by atoms with Gasteiger partial charge in [-0.15, -0.1) is 10.2 Å². The van der Waals surface area contributed by atoms with Gasteiger partial charge in [-0.05, 0) is 25.7 Å². The Kier molecular flexibility index (Phi) is 4.93. The number of primary amides is 1. The summed E-state index contributed by atoms with van der Waals surface area (Å²) in [5.41, 5.74) is 5.38. The van der Waals surface area contributed by atoms with Crippen LogP contribution in [0, 0.1) is 5.92 Å². The van der Waals surface area contributed by atoms with E-state index in [0.29, 0.717) is 6.54 Å². The van der Waals surface area contributed by atoms with Crippen molar-refractivity contribution in [3.8, 4) is 0 Å². The maximum Gasteiger partial charge on any atom is 0.223 e. The quantitative estimate of drug-likeness (QED) is 0.833. The van der Waals surface area contributed by atoms with Gasteiger partial charge in [0.25, 0.3) is 0 Å². The lowest BCUT2D eigenvalue weighted by Crippen LogP contribution is -2.45. The number of aromatic nitrogens is 3. The van der Waals surface area contributed by atoms with Crippen LogP contribution < -0.4 is 5.73 Å². The van der Waals surface area contributed by atoms with Crippen LogP contribution in [0.15, 0.2) is 0 Å². The first-order valence-electron chi connectivity index (χ1n) is 9.84. The van der Waals surface area contributed by atoms with E-state index in [-0.39, 0.29) is 30.2 Å². The Hall–Kier alpha value is -1.96. The molecule has 1 aromatic heterocycles. The number of nitrogens with zero attached hydrogens (tertiary/aromatic N) is 5. The van der Waals surface area contributed by atoms with Crippen molar-refractivity contribution in [3.05, 3.63) is 11.6 Å². The molecule has 4 rings (SSSR count). The highest BCUT2D eigenvalue weighted by molar-refractivity contribution is 5.88. The molecule has 0 aromatic carbocycles. The average Bonchev–Trinajstić information content (AvgIpc) is 3.11. The number of aryl methyl sites for hydroxylation is 1. The zero-order chi connectivity index (χ0) is 18.1. The van der Waals surface area contributed by atoms with Crippen LogP contribution in [-0.2, 0) is 29.1 Å². The number of piperidine rings is 1. The van der Waals surface area contributed by atoms with E-state index in [0.717, 1.165) is 57.1 Å². The molecule has 0 saturated carbocycles. The molecular formula is C18H28N6O2. The van der Waals surface area contributed by atoms with Crippen LogP contribution in [0.1, 0.15) is 50.2 Å². The van der Waals surface area contributed by atoms with Gasteiger partial charge in [0, 0.05) is 45.1 Å². The summed E-state index contributed by atoms with van der Waals surface area (Å²) in [7, 11) is 0. The predicted octanol–water partition coefficient (Wildman–Crippen LogP) is 0.303. The molecule has 142 valence electrons. The molecule has 3 aliphatic heterocycles. The molecule has 1 unspecified atom stereocenters. The fourth-order valence-corrected chi connectivity index (χ4v) is 4.53. The number of hydrogen-bond donors (Lipinski definition) is 1. The van der Waals surface area contributed by atoms with Gasteiger partial charge in [0.15, 0.2) is 0 Å². The minimum Gasteiger partial charge on any atom is -0.369 e. The third kappa shape index (κ3) is 3.47. The van der Waals surface area contributed by atoms with E-state index in [1.165, 1.54) is 19.3 Å². The lowest BCUT2D eigenvalue weighted by Gasteiger charge is -2.36. The average molecular weight is 360 g/mol. The summed E-state index contributed by atoms with van der Waals surface area (Å²) in [5.74, 6) is 1.62. The summed E-state index contributed by atoms with van der Waals surface area (Å²) in [5, 5.41) is 8.81. The van der Waals surface area contributed by atoms with Crippen molar-refractivity contribution in [1.29, 1.82) is 0 Å². The van der Waals surface area contributed by atoms with E-state index >= 15 is 0 Å². The van der Waals surface area contributed by atoms with Gasteiger partial charge in [-0.1, -0.05) is 6.42 Å². The van der Waals surface area contributed by atoms with Crippen molar-refractivity contribution in [2.45, 2.75) is 64.1 Å². The van der Waals surface area contributed by atoms with Crippen molar-refractivity contribution < 1.29 is 9.59 Å². The molecule has 1 atom stereocenters. The topological polar surface area (TPSA) is 97.3 Å². The number of hydrogen-bond acceptors (Lipinski definition) is 5. The van der Waals surface area contributed by atoms with Crippen molar-refractivity contribution in [1.82, 2.24) is 24.6 Å². The van der Waals surface area contributed by atoms with Crippen LogP contribution >= 0.6 is 0 Å². The molecule has 2 saturated heterocycles. The smallest absolute Gasteiger partial charge is 0.223 e. The van der Waals surface area contributed by atoms with E-state index in [9.17, 15) is 9.59 Å². The Morgan fingerprint density at radius 3 is 2.65 bits per heavy atom. The van der Waals surface area contributed by atoms with Gasteiger partial charge in [0.2, 0.25) is 11.8 Å². The first-order valence-corrected chi connectivity index (χ1v) is 9.84. The van der Waals surface area contributed by atoms with Crippen molar-refractivity contribution >= 4 is 11.8 Å². The van der Waals surface area contributed by atoms with Gasteiger partial charge in [0.1, 0.15) is 11.6 Å². The fraction of sp³-hybridized carbons (Fsp3) is 0.778. The van der Waals surface area contributed by atoms with Crippen molar-refractivity contribution in [2.24, 2.45) is 11.7 Å². The van der Waals surface area contributed by atoms with E-state index in [4.69, 9.17) is 5.73 Å². The molecule has 8 heteroatoms. The van der Waals surface area contributed by atoms with E-state index in [1.807, 2.05) is 4.90 Å². The molecule has 2 fully saturated rings. The molecule has 1 aromatic rings. The summed E-state index contributed by atoms with van der Waals surface area (Å²) in [6.45, 7) is 4.24. The van der Waals surface area contributed by atoms with Crippen LogP contribution in [0.25, 0.3) is 0 Å². The number of fused-ring (bicyclic) bond motifs is 1. The molecule has 8 nitrogen and oxygen atoms in total. The predicted molar refractivity (Wildman–Crippen MR) is 94.9 cm³/mol. The maximum atomic E-state index is 12.2. The van der Waals surface area contributed by atoms with Gasteiger partial charge in [0.05, 0.1) is 12.5 Å². The molecule has 0 bridgehead atoms. The van der Waals surface area contributed by atoms with Crippen molar-refractivity contribution in [3.63, 3.8) is 0 Å². The van der Waals surface area contributed by atoms with Gasteiger partial charge < -0.3 is 15.2 Å².